The van der Waals surface area contributed by atoms with Gasteiger partial charge in [-0.2, -0.15) is 0 Å². The smallest absolute Gasteiger partial charge is 0.373 e. The molecule has 7 heteroatoms. The lowest BCUT2D eigenvalue weighted by atomic mass is 10.3. The van der Waals surface area contributed by atoms with Crippen LogP contribution in [0.3, 0.4) is 0 Å². The minimum atomic E-state index is -0.519. The van der Waals surface area contributed by atoms with Gasteiger partial charge < -0.3 is 20.4 Å². The predicted octanol–water partition coefficient (Wildman–Crippen LogP) is 1.32. The summed E-state index contributed by atoms with van der Waals surface area (Å²) >= 11 is 0. The highest BCUT2D eigenvalue weighted by Crippen LogP contribution is 2.20. The van der Waals surface area contributed by atoms with Gasteiger partial charge in [0.2, 0.25) is 0 Å². The average Bonchev–Trinajstić information content (AvgIpc) is 2.79. The van der Waals surface area contributed by atoms with Crippen molar-refractivity contribution in [1.29, 1.82) is 0 Å². The van der Waals surface area contributed by atoms with E-state index in [1.54, 1.807) is 24.7 Å². The molecule has 0 aliphatic carbocycles. The molecule has 0 aliphatic heterocycles. The van der Waals surface area contributed by atoms with Crippen LogP contribution in [0.4, 0.5) is 11.5 Å². The van der Waals surface area contributed by atoms with Crippen LogP contribution in [0.5, 0.6) is 0 Å². The number of nitrogens with one attached hydrogen (secondary N) is 2. The second-order valence-electron chi connectivity index (χ2n) is 3.06. The largest absolute Gasteiger partial charge is 0.386 e. The van der Waals surface area contributed by atoms with Crippen molar-refractivity contribution in [2.24, 2.45) is 0 Å². The molecule has 0 fully saturated rings. The average molecular weight is 219 g/mol. The third-order valence-electron chi connectivity index (χ3n) is 1.98. The summed E-state index contributed by atoms with van der Waals surface area (Å²) in [4.78, 5) is 20.6. The maximum Gasteiger partial charge on any atom is 0.386 e. The molecule has 2 rings (SSSR count). The topological polar surface area (TPSA) is 96.7 Å². The van der Waals surface area contributed by atoms with Gasteiger partial charge in [-0.1, -0.05) is 0 Å². The summed E-state index contributed by atoms with van der Waals surface area (Å²) in [5, 5.41) is 13.6. The SMILES string of the molecule is O=[N+]([O-])c1ncccc1NCc1cnc[nH]1. The fraction of sp³-hybridized carbons (Fsp3) is 0.111. The summed E-state index contributed by atoms with van der Waals surface area (Å²) in [6, 6.07) is 3.25. The number of aromatic nitrogens is 3. The van der Waals surface area contributed by atoms with Crippen LogP contribution in [0.15, 0.2) is 30.9 Å². The van der Waals surface area contributed by atoms with Gasteiger partial charge in [0.05, 0.1) is 18.6 Å². The highest BCUT2D eigenvalue weighted by Gasteiger charge is 2.13. The van der Waals surface area contributed by atoms with Crippen molar-refractivity contribution in [1.82, 2.24) is 15.0 Å². The molecule has 2 N–H and O–H groups in total. The standard InChI is InChI=1S/C9H9N5O2/c15-14(16)9-8(2-1-3-11-9)12-5-7-4-10-6-13-7/h1-4,6,12H,5H2,(H,10,13). The summed E-state index contributed by atoms with van der Waals surface area (Å²) in [6.45, 7) is 0.437. The maximum absolute atomic E-state index is 10.7. The monoisotopic (exact) mass is 219 g/mol. The summed E-state index contributed by atoms with van der Waals surface area (Å²) in [6.07, 6.45) is 4.59. The van der Waals surface area contributed by atoms with Gasteiger partial charge in [0.25, 0.3) is 0 Å². The van der Waals surface area contributed by atoms with Crippen molar-refractivity contribution in [3.63, 3.8) is 0 Å². The zero-order chi connectivity index (χ0) is 11.4. The van der Waals surface area contributed by atoms with E-state index >= 15 is 0 Å². The third-order valence-corrected chi connectivity index (χ3v) is 1.98. The molecule has 0 saturated carbocycles. The molecule has 0 amide bonds. The van der Waals surface area contributed by atoms with Crippen LogP contribution in [0.1, 0.15) is 5.69 Å². The minimum Gasteiger partial charge on any atom is -0.373 e. The molecule has 0 atom stereocenters. The van der Waals surface area contributed by atoms with Gasteiger partial charge in [-0.05, 0) is 22.0 Å². The zero-order valence-electron chi connectivity index (χ0n) is 8.25. The Hall–Kier alpha value is -2.44. The van der Waals surface area contributed by atoms with Crippen LogP contribution in [-0.2, 0) is 6.54 Å². The van der Waals surface area contributed by atoms with Crippen LogP contribution in [-0.4, -0.2) is 19.9 Å². The molecule has 2 aromatic heterocycles. The molecule has 2 aromatic rings. The molecule has 0 saturated heterocycles. The van der Waals surface area contributed by atoms with Crippen molar-refractivity contribution >= 4 is 11.5 Å². The summed E-state index contributed by atoms with van der Waals surface area (Å²) in [5.41, 5.74) is 1.24. The van der Waals surface area contributed by atoms with Gasteiger partial charge in [-0.15, -0.1) is 0 Å². The van der Waals surface area contributed by atoms with E-state index in [-0.39, 0.29) is 5.82 Å². The van der Waals surface area contributed by atoms with E-state index in [0.717, 1.165) is 5.69 Å². The number of nitro groups is 1. The van der Waals surface area contributed by atoms with E-state index in [0.29, 0.717) is 12.2 Å². The molecule has 0 unspecified atom stereocenters. The predicted molar refractivity (Wildman–Crippen MR) is 56.8 cm³/mol. The van der Waals surface area contributed by atoms with Crippen molar-refractivity contribution in [3.05, 3.63) is 46.7 Å². The number of pyridine rings is 1. The second kappa shape index (κ2) is 4.39. The second-order valence-corrected chi connectivity index (χ2v) is 3.06. The molecule has 0 aromatic carbocycles. The van der Waals surface area contributed by atoms with E-state index in [1.807, 2.05) is 0 Å². The number of aromatic amines is 1. The normalized spacial score (nSPS) is 10.0. The Morgan fingerprint density at radius 1 is 1.56 bits per heavy atom. The Morgan fingerprint density at radius 3 is 3.12 bits per heavy atom. The van der Waals surface area contributed by atoms with Gasteiger partial charge >= 0.3 is 5.82 Å². The maximum atomic E-state index is 10.7. The van der Waals surface area contributed by atoms with Gasteiger partial charge in [0, 0.05) is 6.20 Å². The fourth-order valence-electron chi connectivity index (χ4n) is 1.25. The lowest BCUT2D eigenvalue weighted by molar-refractivity contribution is -0.388. The van der Waals surface area contributed by atoms with Crippen LogP contribution in [0.2, 0.25) is 0 Å². The Morgan fingerprint density at radius 2 is 2.44 bits per heavy atom. The molecular formula is C9H9N5O2. The van der Waals surface area contributed by atoms with Crippen molar-refractivity contribution in [2.45, 2.75) is 6.54 Å². The van der Waals surface area contributed by atoms with Gasteiger partial charge in [0.1, 0.15) is 11.9 Å². The minimum absolute atomic E-state index is 0.179. The van der Waals surface area contributed by atoms with Gasteiger partial charge in [0.15, 0.2) is 0 Å². The first-order valence-electron chi connectivity index (χ1n) is 4.58. The Labute approximate surface area is 90.7 Å². The van der Waals surface area contributed by atoms with E-state index in [9.17, 15) is 10.1 Å². The van der Waals surface area contributed by atoms with Crippen molar-refractivity contribution in [2.75, 3.05) is 5.32 Å². The number of rotatable bonds is 4. The van der Waals surface area contributed by atoms with Crippen molar-refractivity contribution in [3.8, 4) is 0 Å². The molecule has 82 valence electrons. The number of H-pyrrole nitrogens is 1. The van der Waals surface area contributed by atoms with Gasteiger partial charge in [-0.25, -0.2) is 4.98 Å². The highest BCUT2D eigenvalue weighted by atomic mass is 16.6. The molecule has 0 radical (unpaired) electrons. The first-order chi connectivity index (χ1) is 7.77. The quantitative estimate of drug-likeness (QED) is 0.597. The molecule has 0 aliphatic rings. The number of nitrogens with zero attached hydrogens (tertiary/aromatic N) is 3. The van der Waals surface area contributed by atoms with E-state index < -0.39 is 4.92 Å². The highest BCUT2D eigenvalue weighted by molar-refractivity contribution is 5.56. The molecule has 2 heterocycles. The van der Waals surface area contributed by atoms with E-state index in [1.165, 1.54) is 6.20 Å². The van der Waals surface area contributed by atoms with Crippen LogP contribution in [0, 0.1) is 10.1 Å². The molecule has 0 bridgehead atoms. The van der Waals surface area contributed by atoms with Crippen LogP contribution in [0.25, 0.3) is 0 Å². The van der Waals surface area contributed by atoms with E-state index in [2.05, 4.69) is 20.3 Å². The molecular weight excluding hydrogens is 210 g/mol. The third kappa shape index (κ3) is 2.14. The van der Waals surface area contributed by atoms with E-state index in [4.69, 9.17) is 0 Å². The zero-order valence-corrected chi connectivity index (χ0v) is 8.25. The summed E-state index contributed by atoms with van der Waals surface area (Å²) in [7, 11) is 0. The number of hydrogen-bond donors (Lipinski definition) is 2. The Balaban J connectivity index is 2.12. The van der Waals surface area contributed by atoms with Crippen molar-refractivity contribution < 1.29 is 4.92 Å². The Bertz CT molecular complexity index is 482. The number of anilines is 1. The molecule has 0 spiro atoms. The summed E-state index contributed by atoms with van der Waals surface area (Å²) < 4.78 is 0. The summed E-state index contributed by atoms with van der Waals surface area (Å²) in [5.74, 6) is -0.179. The van der Waals surface area contributed by atoms with Crippen LogP contribution < -0.4 is 5.32 Å². The fourth-order valence-corrected chi connectivity index (χ4v) is 1.25. The first kappa shape index (κ1) is 10.1. The lowest BCUT2D eigenvalue weighted by Crippen LogP contribution is -2.03. The first-order valence-corrected chi connectivity index (χ1v) is 4.58. The molecule has 7 nitrogen and oxygen atoms in total. The van der Waals surface area contributed by atoms with Crippen LogP contribution >= 0.6 is 0 Å². The Kier molecular flexibility index (Phi) is 2.77. The number of hydrogen-bond acceptors (Lipinski definition) is 5. The lowest BCUT2D eigenvalue weighted by Gasteiger charge is -2.04. The number of imidazole rings is 1. The van der Waals surface area contributed by atoms with Gasteiger partial charge in [-0.3, -0.25) is 0 Å². The molecule has 16 heavy (non-hydrogen) atoms.